The third kappa shape index (κ3) is 7.27. The van der Waals surface area contributed by atoms with E-state index in [1.54, 1.807) is 11.8 Å². The number of benzene rings is 1. The van der Waals surface area contributed by atoms with Crippen LogP contribution in [0.3, 0.4) is 0 Å². The van der Waals surface area contributed by atoms with Crippen LogP contribution in [0.5, 0.6) is 0 Å². The summed E-state index contributed by atoms with van der Waals surface area (Å²) < 4.78 is 0.998. The minimum atomic E-state index is -0.0228. The van der Waals surface area contributed by atoms with Crippen LogP contribution in [0, 0.1) is 5.92 Å². The van der Waals surface area contributed by atoms with E-state index in [1.807, 2.05) is 24.3 Å². The quantitative estimate of drug-likeness (QED) is 0.818. The van der Waals surface area contributed by atoms with Gasteiger partial charge in [-0.3, -0.25) is 9.59 Å². The van der Waals surface area contributed by atoms with Crippen molar-refractivity contribution in [1.82, 2.24) is 10.2 Å². The van der Waals surface area contributed by atoms with E-state index in [0.29, 0.717) is 25.4 Å². The fourth-order valence-corrected chi connectivity index (χ4v) is 2.26. The predicted octanol–water partition coefficient (Wildman–Crippen LogP) is 2.61. The number of hydrogen-bond donors (Lipinski definition) is 1. The van der Waals surface area contributed by atoms with Gasteiger partial charge in [-0.15, -0.1) is 0 Å². The van der Waals surface area contributed by atoms with Crippen molar-refractivity contribution in [3.05, 3.63) is 34.3 Å². The van der Waals surface area contributed by atoms with Gasteiger partial charge in [-0.2, -0.15) is 0 Å². The van der Waals surface area contributed by atoms with Gasteiger partial charge in [-0.05, 0) is 23.6 Å². The van der Waals surface area contributed by atoms with E-state index in [-0.39, 0.29) is 11.8 Å². The Morgan fingerprint density at radius 1 is 1.24 bits per heavy atom. The van der Waals surface area contributed by atoms with Gasteiger partial charge in [0.2, 0.25) is 11.8 Å². The maximum atomic E-state index is 11.8. The third-order valence-electron chi connectivity index (χ3n) is 3.01. The molecule has 2 amide bonds. The summed E-state index contributed by atoms with van der Waals surface area (Å²) in [5.41, 5.74) is 0.973. The van der Waals surface area contributed by atoms with Crippen molar-refractivity contribution < 1.29 is 9.59 Å². The molecule has 0 saturated carbocycles. The van der Waals surface area contributed by atoms with Gasteiger partial charge in [0.1, 0.15) is 0 Å². The molecule has 0 spiro atoms. The summed E-state index contributed by atoms with van der Waals surface area (Å²) in [4.78, 5) is 25.1. The minimum absolute atomic E-state index is 0.0228. The number of nitrogens with one attached hydrogen (secondary N) is 1. The van der Waals surface area contributed by atoms with Gasteiger partial charge >= 0.3 is 0 Å². The van der Waals surface area contributed by atoms with Crippen molar-refractivity contribution in [2.45, 2.75) is 27.2 Å². The summed E-state index contributed by atoms with van der Waals surface area (Å²) in [6.45, 7) is 7.47. The highest BCUT2D eigenvalue weighted by atomic mass is 79.9. The molecule has 5 heteroatoms. The lowest BCUT2D eigenvalue weighted by Gasteiger charge is -2.23. The van der Waals surface area contributed by atoms with Crippen molar-refractivity contribution in [3.8, 4) is 0 Å². The Morgan fingerprint density at radius 2 is 1.86 bits per heavy atom. The summed E-state index contributed by atoms with van der Waals surface area (Å²) in [6.07, 6.45) is 0.359. The van der Waals surface area contributed by atoms with Gasteiger partial charge < -0.3 is 10.2 Å². The summed E-state index contributed by atoms with van der Waals surface area (Å²) >= 11 is 3.36. The maximum Gasteiger partial charge on any atom is 0.224 e. The van der Waals surface area contributed by atoms with Crippen molar-refractivity contribution in [3.63, 3.8) is 0 Å². The standard InChI is InChI=1S/C16H23BrN2O2/c1-12(2)11-19(13(3)20)9-8-18-16(21)10-14-4-6-15(17)7-5-14/h4-7,12H,8-11H2,1-3H3,(H,18,21). The smallest absolute Gasteiger partial charge is 0.224 e. The molecular weight excluding hydrogens is 332 g/mol. The van der Waals surface area contributed by atoms with Crippen LogP contribution in [0.2, 0.25) is 0 Å². The van der Waals surface area contributed by atoms with Crippen LogP contribution in [-0.4, -0.2) is 36.3 Å². The number of rotatable bonds is 7. The second-order valence-corrected chi connectivity index (χ2v) is 6.43. The lowest BCUT2D eigenvalue weighted by molar-refractivity contribution is -0.130. The third-order valence-corrected chi connectivity index (χ3v) is 3.54. The molecule has 0 aliphatic heterocycles. The van der Waals surface area contributed by atoms with Crippen molar-refractivity contribution >= 4 is 27.7 Å². The average Bonchev–Trinajstić information content (AvgIpc) is 2.39. The van der Waals surface area contributed by atoms with E-state index < -0.39 is 0 Å². The number of amides is 2. The van der Waals surface area contributed by atoms with Gasteiger partial charge in [-0.1, -0.05) is 41.9 Å². The fourth-order valence-electron chi connectivity index (χ4n) is 2.00. The normalized spacial score (nSPS) is 10.5. The number of hydrogen-bond acceptors (Lipinski definition) is 2. The second kappa shape index (κ2) is 8.82. The zero-order valence-electron chi connectivity index (χ0n) is 12.9. The Bertz CT molecular complexity index is 472. The Labute approximate surface area is 135 Å². The lowest BCUT2D eigenvalue weighted by Crippen LogP contribution is -2.39. The Hall–Kier alpha value is -1.36. The first-order valence-electron chi connectivity index (χ1n) is 7.15. The zero-order valence-corrected chi connectivity index (χ0v) is 14.4. The summed E-state index contributed by atoms with van der Waals surface area (Å²) in [6, 6.07) is 7.68. The van der Waals surface area contributed by atoms with E-state index in [9.17, 15) is 9.59 Å². The van der Waals surface area contributed by atoms with Gasteiger partial charge in [0.15, 0.2) is 0 Å². The van der Waals surface area contributed by atoms with Gasteiger partial charge in [-0.25, -0.2) is 0 Å². The zero-order chi connectivity index (χ0) is 15.8. The molecule has 116 valence electrons. The highest BCUT2D eigenvalue weighted by molar-refractivity contribution is 9.10. The van der Waals surface area contributed by atoms with Crippen LogP contribution in [-0.2, 0) is 16.0 Å². The largest absolute Gasteiger partial charge is 0.354 e. The first kappa shape index (κ1) is 17.7. The molecule has 4 nitrogen and oxygen atoms in total. The molecule has 0 heterocycles. The van der Waals surface area contributed by atoms with Gasteiger partial charge in [0.25, 0.3) is 0 Å². The van der Waals surface area contributed by atoms with Gasteiger partial charge in [0, 0.05) is 31.0 Å². The van der Waals surface area contributed by atoms with E-state index in [0.717, 1.165) is 16.6 Å². The SMILES string of the molecule is CC(=O)N(CCNC(=O)Cc1ccc(Br)cc1)CC(C)C. The Morgan fingerprint density at radius 3 is 2.38 bits per heavy atom. The Kier molecular flexibility index (Phi) is 7.43. The summed E-state index contributed by atoms with van der Waals surface area (Å²) in [7, 11) is 0. The topological polar surface area (TPSA) is 49.4 Å². The van der Waals surface area contributed by atoms with Gasteiger partial charge in [0.05, 0.1) is 6.42 Å². The van der Waals surface area contributed by atoms with Crippen LogP contribution in [0.4, 0.5) is 0 Å². The molecule has 1 rings (SSSR count). The highest BCUT2D eigenvalue weighted by Crippen LogP contribution is 2.10. The number of halogens is 1. The molecule has 0 aliphatic carbocycles. The highest BCUT2D eigenvalue weighted by Gasteiger charge is 2.11. The van der Waals surface area contributed by atoms with Crippen LogP contribution in [0.15, 0.2) is 28.7 Å². The van der Waals surface area contributed by atoms with Crippen molar-refractivity contribution in [2.24, 2.45) is 5.92 Å². The number of carbonyl (C=O) groups is 2. The molecule has 0 aromatic heterocycles. The molecule has 0 atom stereocenters. The average molecular weight is 355 g/mol. The second-order valence-electron chi connectivity index (χ2n) is 5.51. The maximum absolute atomic E-state index is 11.8. The van der Waals surface area contributed by atoms with E-state index in [2.05, 4.69) is 35.1 Å². The molecule has 0 fully saturated rings. The first-order chi connectivity index (χ1) is 9.88. The molecule has 1 aromatic rings. The predicted molar refractivity (Wildman–Crippen MR) is 87.9 cm³/mol. The molecule has 1 N–H and O–H groups in total. The number of carbonyl (C=O) groups excluding carboxylic acids is 2. The summed E-state index contributed by atoms with van der Waals surface area (Å²) in [5, 5.41) is 2.86. The van der Waals surface area contributed by atoms with Crippen molar-refractivity contribution in [2.75, 3.05) is 19.6 Å². The minimum Gasteiger partial charge on any atom is -0.354 e. The first-order valence-corrected chi connectivity index (χ1v) is 7.94. The van der Waals surface area contributed by atoms with Crippen LogP contribution in [0.25, 0.3) is 0 Å². The van der Waals surface area contributed by atoms with Crippen LogP contribution in [0.1, 0.15) is 26.3 Å². The van der Waals surface area contributed by atoms with Crippen molar-refractivity contribution in [1.29, 1.82) is 0 Å². The molecule has 21 heavy (non-hydrogen) atoms. The van der Waals surface area contributed by atoms with E-state index in [1.165, 1.54) is 0 Å². The lowest BCUT2D eigenvalue weighted by atomic mass is 10.1. The van der Waals surface area contributed by atoms with E-state index in [4.69, 9.17) is 0 Å². The molecular formula is C16H23BrN2O2. The van der Waals surface area contributed by atoms with E-state index >= 15 is 0 Å². The monoisotopic (exact) mass is 354 g/mol. The van der Waals surface area contributed by atoms with Crippen LogP contribution < -0.4 is 5.32 Å². The molecule has 0 bridgehead atoms. The molecule has 0 aliphatic rings. The number of nitrogens with zero attached hydrogens (tertiary/aromatic N) is 1. The summed E-state index contributed by atoms with van der Waals surface area (Å²) in [5.74, 6) is 0.448. The van der Waals surface area contributed by atoms with Crippen LogP contribution >= 0.6 is 15.9 Å². The molecule has 0 saturated heterocycles. The Balaban J connectivity index is 2.35. The molecule has 0 radical (unpaired) electrons. The fraction of sp³-hybridized carbons (Fsp3) is 0.500. The molecule has 1 aromatic carbocycles. The molecule has 0 unspecified atom stereocenters.